The van der Waals surface area contributed by atoms with Crippen molar-refractivity contribution >= 4 is 0 Å². The molecule has 0 N–H and O–H groups in total. The van der Waals surface area contributed by atoms with Crippen molar-refractivity contribution in [2.75, 3.05) is 33.0 Å². The summed E-state index contributed by atoms with van der Waals surface area (Å²) in [6.45, 7) is 6.06. The summed E-state index contributed by atoms with van der Waals surface area (Å²) in [5.41, 5.74) is 1.28. The highest BCUT2D eigenvalue weighted by Gasteiger charge is 2.40. The zero-order chi connectivity index (χ0) is 16.0. The highest BCUT2D eigenvalue weighted by Crippen LogP contribution is 2.38. The van der Waals surface area contributed by atoms with E-state index in [9.17, 15) is 0 Å². The van der Waals surface area contributed by atoms with Gasteiger partial charge in [0.15, 0.2) is 0 Å². The average molecular weight is 320 g/mol. The van der Waals surface area contributed by atoms with E-state index in [0.717, 1.165) is 39.3 Å². The molecular formula is C19H28O4. The van der Waals surface area contributed by atoms with Gasteiger partial charge < -0.3 is 18.9 Å². The van der Waals surface area contributed by atoms with Crippen LogP contribution < -0.4 is 0 Å². The first-order valence-electron chi connectivity index (χ1n) is 8.77. The van der Waals surface area contributed by atoms with Gasteiger partial charge in [-0.3, -0.25) is 0 Å². The van der Waals surface area contributed by atoms with E-state index in [2.05, 4.69) is 31.2 Å². The molecule has 1 aromatic rings. The van der Waals surface area contributed by atoms with Crippen LogP contribution in [-0.4, -0.2) is 44.7 Å². The molecule has 2 heterocycles. The molecule has 3 rings (SSSR count). The third-order valence-corrected chi connectivity index (χ3v) is 4.36. The number of ether oxygens (including phenoxy) is 4. The predicted octanol–water partition coefficient (Wildman–Crippen LogP) is 3.51. The van der Waals surface area contributed by atoms with Crippen LogP contribution in [0.5, 0.6) is 0 Å². The molecule has 0 aliphatic carbocycles. The summed E-state index contributed by atoms with van der Waals surface area (Å²) in [6, 6.07) is 10.4. The summed E-state index contributed by atoms with van der Waals surface area (Å²) >= 11 is 0. The Bertz CT molecular complexity index is 458. The van der Waals surface area contributed by atoms with Gasteiger partial charge in [0, 0.05) is 13.2 Å². The van der Waals surface area contributed by atoms with E-state index in [1.165, 1.54) is 18.4 Å². The SMILES string of the molecule is CC1(COCCCCCCOCC2OC2c2ccccc2)CO1. The van der Waals surface area contributed by atoms with Gasteiger partial charge in [-0.15, -0.1) is 0 Å². The number of hydrogen-bond acceptors (Lipinski definition) is 4. The molecular weight excluding hydrogens is 292 g/mol. The van der Waals surface area contributed by atoms with Crippen molar-refractivity contribution in [3.63, 3.8) is 0 Å². The van der Waals surface area contributed by atoms with Crippen LogP contribution in [-0.2, 0) is 18.9 Å². The molecule has 2 fully saturated rings. The van der Waals surface area contributed by atoms with Gasteiger partial charge in [0.25, 0.3) is 0 Å². The highest BCUT2D eigenvalue weighted by molar-refractivity contribution is 5.22. The van der Waals surface area contributed by atoms with Crippen molar-refractivity contribution < 1.29 is 18.9 Å². The van der Waals surface area contributed by atoms with Crippen molar-refractivity contribution in [1.82, 2.24) is 0 Å². The number of benzene rings is 1. The second-order valence-electron chi connectivity index (χ2n) is 6.79. The fraction of sp³-hybridized carbons (Fsp3) is 0.684. The fourth-order valence-electron chi connectivity index (χ4n) is 2.66. The van der Waals surface area contributed by atoms with Crippen molar-refractivity contribution in [2.45, 2.75) is 50.4 Å². The molecule has 0 aromatic heterocycles. The molecule has 2 aliphatic rings. The van der Waals surface area contributed by atoms with E-state index >= 15 is 0 Å². The molecule has 3 unspecified atom stereocenters. The molecule has 0 bridgehead atoms. The van der Waals surface area contributed by atoms with Gasteiger partial charge in [0.1, 0.15) is 17.8 Å². The monoisotopic (exact) mass is 320 g/mol. The second-order valence-corrected chi connectivity index (χ2v) is 6.79. The van der Waals surface area contributed by atoms with E-state index in [4.69, 9.17) is 18.9 Å². The second kappa shape index (κ2) is 8.25. The van der Waals surface area contributed by atoms with E-state index in [-0.39, 0.29) is 17.8 Å². The summed E-state index contributed by atoms with van der Waals surface area (Å²) in [7, 11) is 0. The van der Waals surface area contributed by atoms with E-state index in [1.54, 1.807) is 0 Å². The van der Waals surface area contributed by atoms with Crippen LogP contribution in [0.2, 0.25) is 0 Å². The van der Waals surface area contributed by atoms with Crippen LogP contribution in [0.1, 0.15) is 44.3 Å². The summed E-state index contributed by atoms with van der Waals surface area (Å²) in [6.07, 6.45) is 5.13. The van der Waals surface area contributed by atoms with Gasteiger partial charge in [0.05, 0.1) is 19.8 Å². The molecule has 4 heteroatoms. The zero-order valence-corrected chi connectivity index (χ0v) is 14.0. The molecule has 2 saturated heterocycles. The van der Waals surface area contributed by atoms with Crippen LogP contribution in [0.25, 0.3) is 0 Å². The molecule has 128 valence electrons. The van der Waals surface area contributed by atoms with Gasteiger partial charge >= 0.3 is 0 Å². The van der Waals surface area contributed by atoms with E-state index < -0.39 is 0 Å². The maximum Gasteiger partial charge on any atom is 0.112 e. The Kier molecular flexibility index (Phi) is 6.06. The normalized spacial score (nSPS) is 28.7. The van der Waals surface area contributed by atoms with Gasteiger partial charge in [-0.1, -0.05) is 43.2 Å². The molecule has 3 atom stereocenters. The quantitative estimate of drug-likeness (QED) is 0.437. The van der Waals surface area contributed by atoms with Gasteiger partial charge in [-0.05, 0) is 25.3 Å². The lowest BCUT2D eigenvalue weighted by atomic mass is 10.1. The van der Waals surface area contributed by atoms with Crippen LogP contribution in [0.15, 0.2) is 30.3 Å². The minimum absolute atomic E-state index is 0.0241. The van der Waals surface area contributed by atoms with Crippen molar-refractivity contribution in [3.8, 4) is 0 Å². The third kappa shape index (κ3) is 5.88. The molecule has 0 radical (unpaired) electrons. The Hall–Kier alpha value is -0.940. The Morgan fingerprint density at radius 2 is 1.74 bits per heavy atom. The number of hydrogen-bond donors (Lipinski definition) is 0. The number of rotatable bonds is 12. The number of epoxide rings is 2. The smallest absolute Gasteiger partial charge is 0.112 e. The maximum absolute atomic E-state index is 5.72. The average Bonchev–Trinajstić information content (AvgIpc) is 3.48. The Morgan fingerprint density at radius 3 is 2.43 bits per heavy atom. The Balaban J connectivity index is 1.10. The molecule has 1 aromatic carbocycles. The van der Waals surface area contributed by atoms with E-state index in [0.29, 0.717) is 6.61 Å². The van der Waals surface area contributed by atoms with Crippen molar-refractivity contribution in [3.05, 3.63) is 35.9 Å². The first-order chi connectivity index (χ1) is 11.3. The van der Waals surface area contributed by atoms with Gasteiger partial charge in [-0.25, -0.2) is 0 Å². The van der Waals surface area contributed by atoms with Gasteiger partial charge in [0.2, 0.25) is 0 Å². The molecule has 23 heavy (non-hydrogen) atoms. The highest BCUT2D eigenvalue weighted by atomic mass is 16.6. The first-order valence-corrected chi connectivity index (χ1v) is 8.77. The van der Waals surface area contributed by atoms with E-state index in [1.807, 2.05) is 6.07 Å². The molecule has 0 amide bonds. The summed E-state index contributed by atoms with van der Waals surface area (Å²) < 4.78 is 22.3. The molecule has 2 aliphatic heterocycles. The zero-order valence-electron chi connectivity index (χ0n) is 14.0. The minimum atomic E-state index is 0.0241. The van der Waals surface area contributed by atoms with Crippen molar-refractivity contribution in [1.29, 1.82) is 0 Å². The Morgan fingerprint density at radius 1 is 1.04 bits per heavy atom. The molecule has 0 spiro atoms. The fourth-order valence-corrected chi connectivity index (χ4v) is 2.66. The summed E-state index contributed by atoms with van der Waals surface area (Å²) in [4.78, 5) is 0. The van der Waals surface area contributed by atoms with Crippen LogP contribution in [0.4, 0.5) is 0 Å². The van der Waals surface area contributed by atoms with Crippen LogP contribution >= 0.6 is 0 Å². The third-order valence-electron chi connectivity index (χ3n) is 4.36. The largest absolute Gasteiger partial charge is 0.379 e. The topological polar surface area (TPSA) is 43.5 Å². The summed E-state index contributed by atoms with van der Waals surface area (Å²) in [5, 5.41) is 0. The lowest BCUT2D eigenvalue weighted by molar-refractivity contribution is 0.0813. The van der Waals surface area contributed by atoms with Gasteiger partial charge in [-0.2, -0.15) is 0 Å². The Labute approximate surface area is 139 Å². The predicted molar refractivity (Wildman–Crippen MR) is 88.5 cm³/mol. The lowest BCUT2D eigenvalue weighted by Crippen LogP contribution is -2.14. The maximum atomic E-state index is 5.72. The molecule has 4 nitrogen and oxygen atoms in total. The van der Waals surface area contributed by atoms with Crippen molar-refractivity contribution in [2.24, 2.45) is 0 Å². The van der Waals surface area contributed by atoms with Crippen LogP contribution in [0.3, 0.4) is 0 Å². The van der Waals surface area contributed by atoms with Crippen LogP contribution in [0, 0.1) is 0 Å². The summed E-state index contributed by atoms with van der Waals surface area (Å²) in [5.74, 6) is 0. The minimum Gasteiger partial charge on any atom is -0.379 e. The first kappa shape index (κ1) is 16.9. The lowest BCUT2D eigenvalue weighted by Gasteiger charge is -2.07. The number of unbranched alkanes of at least 4 members (excludes halogenated alkanes) is 3. The molecule has 0 saturated carbocycles. The standard InChI is InChI=1S/C19H28O4/c1-19(15-22-19)14-21-12-8-3-2-7-11-20-13-17-18(23-17)16-9-5-4-6-10-16/h4-6,9-10,17-18H,2-3,7-8,11-15H2,1H3.